The Bertz CT molecular complexity index is 629. The first kappa shape index (κ1) is 13.3. The highest BCUT2D eigenvalue weighted by Gasteiger charge is 2.16. The molecule has 0 unspecified atom stereocenters. The molecule has 0 aliphatic heterocycles. The van der Waals surface area contributed by atoms with Crippen molar-refractivity contribution in [1.29, 1.82) is 0 Å². The average Bonchev–Trinajstić information content (AvgIpc) is 2.64. The van der Waals surface area contributed by atoms with Gasteiger partial charge in [-0.1, -0.05) is 13.8 Å². The average molecular weight is 261 g/mol. The van der Waals surface area contributed by atoms with Gasteiger partial charge in [0.1, 0.15) is 5.82 Å². The summed E-state index contributed by atoms with van der Waals surface area (Å²) in [7, 11) is 0. The van der Waals surface area contributed by atoms with Gasteiger partial charge in [-0.3, -0.25) is 5.32 Å². The quantitative estimate of drug-likeness (QED) is 0.889. The second kappa shape index (κ2) is 4.87. The number of pyridine rings is 1. The number of nitrogens with two attached hydrogens (primary N) is 1. The third-order valence-electron chi connectivity index (χ3n) is 3.08. The third kappa shape index (κ3) is 2.38. The SMILES string of the molecule is CCn1nc(C)c2c(C(C)C)cc(NC(N)=O)nc21. The van der Waals surface area contributed by atoms with E-state index < -0.39 is 6.03 Å². The van der Waals surface area contributed by atoms with Crippen LogP contribution in [-0.2, 0) is 6.54 Å². The highest BCUT2D eigenvalue weighted by molar-refractivity contribution is 5.90. The van der Waals surface area contributed by atoms with Crippen molar-refractivity contribution in [3.05, 3.63) is 17.3 Å². The van der Waals surface area contributed by atoms with Gasteiger partial charge in [0.2, 0.25) is 0 Å². The lowest BCUT2D eigenvalue weighted by atomic mass is 10.00. The fraction of sp³-hybridized carbons (Fsp3) is 0.462. The number of carbonyl (C=O) groups is 1. The van der Waals surface area contributed by atoms with Crippen molar-refractivity contribution in [2.24, 2.45) is 5.73 Å². The Morgan fingerprint density at radius 3 is 2.74 bits per heavy atom. The number of rotatable bonds is 3. The van der Waals surface area contributed by atoms with E-state index >= 15 is 0 Å². The summed E-state index contributed by atoms with van der Waals surface area (Å²) in [6.07, 6.45) is 0. The van der Waals surface area contributed by atoms with E-state index in [-0.39, 0.29) is 0 Å². The van der Waals surface area contributed by atoms with Crippen LogP contribution in [0.15, 0.2) is 6.07 Å². The van der Waals surface area contributed by atoms with Crippen LogP contribution >= 0.6 is 0 Å². The molecule has 0 atom stereocenters. The minimum Gasteiger partial charge on any atom is -0.351 e. The topological polar surface area (TPSA) is 85.8 Å². The van der Waals surface area contributed by atoms with Gasteiger partial charge in [0, 0.05) is 11.9 Å². The van der Waals surface area contributed by atoms with Crippen LogP contribution in [0.5, 0.6) is 0 Å². The second-order valence-corrected chi connectivity index (χ2v) is 4.84. The number of aromatic nitrogens is 3. The van der Waals surface area contributed by atoms with E-state index in [1.165, 1.54) is 0 Å². The highest BCUT2D eigenvalue weighted by atomic mass is 16.2. The molecule has 0 spiro atoms. The summed E-state index contributed by atoms with van der Waals surface area (Å²) in [5.74, 6) is 0.783. The first-order valence-electron chi connectivity index (χ1n) is 6.38. The van der Waals surface area contributed by atoms with Gasteiger partial charge in [-0.25, -0.2) is 14.5 Å². The molecule has 3 N–H and O–H groups in total. The fourth-order valence-corrected chi connectivity index (χ4v) is 2.25. The van der Waals surface area contributed by atoms with Gasteiger partial charge in [0.15, 0.2) is 5.65 Å². The van der Waals surface area contributed by atoms with E-state index in [1.807, 2.05) is 24.6 Å². The van der Waals surface area contributed by atoms with Gasteiger partial charge >= 0.3 is 6.03 Å². The molecular weight excluding hydrogens is 242 g/mol. The lowest BCUT2D eigenvalue weighted by Crippen LogP contribution is -2.20. The maximum absolute atomic E-state index is 11.0. The number of carbonyl (C=O) groups excluding carboxylic acids is 1. The van der Waals surface area contributed by atoms with E-state index in [1.54, 1.807) is 0 Å². The summed E-state index contributed by atoms with van der Waals surface area (Å²) in [4.78, 5) is 15.4. The Balaban J connectivity index is 2.73. The zero-order valence-corrected chi connectivity index (χ0v) is 11.7. The standard InChI is InChI=1S/C13H19N5O/c1-5-18-12-11(8(4)17-18)9(7(2)3)6-10(15-12)16-13(14)19/h6-7H,5H2,1-4H3,(H3,14,15,16,19). The van der Waals surface area contributed by atoms with Crippen molar-refractivity contribution in [3.8, 4) is 0 Å². The molecule has 0 saturated heterocycles. The van der Waals surface area contributed by atoms with E-state index in [4.69, 9.17) is 5.73 Å². The van der Waals surface area contributed by atoms with Gasteiger partial charge in [-0.15, -0.1) is 0 Å². The summed E-state index contributed by atoms with van der Waals surface area (Å²) in [6.45, 7) is 8.92. The Morgan fingerprint density at radius 2 is 2.21 bits per heavy atom. The van der Waals surface area contributed by atoms with E-state index in [0.717, 1.165) is 28.8 Å². The zero-order chi connectivity index (χ0) is 14.2. The molecule has 2 rings (SSSR count). The molecule has 0 bridgehead atoms. The number of urea groups is 1. The summed E-state index contributed by atoms with van der Waals surface area (Å²) < 4.78 is 1.84. The molecule has 2 amide bonds. The minimum absolute atomic E-state index is 0.312. The maximum atomic E-state index is 11.0. The molecule has 0 aliphatic carbocycles. The highest BCUT2D eigenvalue weighted by Crippen LogP contribution is 2.29. The molecule has 0 radical (unpaired) electrons. The lowest BCUT2D eigenvalue weighted by molar-refractivity contribution is 0.259. The van der Waals surface area contributed by atoms with Crippen LogP contribution in [-0.4, -0.2) is 20.8 Å². The van der Waals surface area contributed by atoms with E-state index in [9.17, 15) is 4.79 Å². The Kier molecular flexibility index (Phi) is 3.42. The molecule has 0 aromatic carbocycles. The summed E-state index contributed by atoms with van der Waals surface area (Å²) in [6, 6.07) is 1.26. The molecule has 6 nitrogen and oxygen atoms in total. The zero-order valence-electron chi connectivity index (χ0n) is 11.7. The Morgan fingerprint density at radius 1 is 1.53 bits per heavy atom. The molecule has 2 aromatic rings. The van der Waals surface area contributed by atoms with Crippen LogP contribution in [0, 0.1) is 6.92 Å². The second-order valence-electron chi connectivity index (χ2n) is 4.84. The smallest absolute Gasteiger partial charge is 0.317 e. The molecular formula is C13H19N5O. The monoisotopic (exact) mass is 261 g/mol. The Labute approximate surface area is 112 Å². The number of hydrogen-bond donors (Lipinski definition) is 2. The fourth-order valence-electron chi connectivity index (χ4n) is 2.25. The summed E-state index contributed by atoms with van der Waals surface area (Å²) >= 11 is 0. The van der Waals surface area contributed by atoms with Crippen LogP contribution in [0.2, 0.25) is 0 Å². The van der Waals surface area contributed by atoms with Crippen molar-refractivity contribution < 1.29 is 4.79 Å². The van der Waals surface area contributed by atoms with Crippen molar-refractivity contribution in [2.75, 3.05) is 5.32 Å². The molecule has 0 aliphatic rings. The van der Waals surface area contributed by atoms with Crippen LogP contribution in [0.3, 0.4) is 0 Å². The van der Waals surface area contributed by atoms with E-state index in [0.29, 0.717) is 11.7 Å². The predicted molar refractivity (Wildman–Crippen MR) is 75.2 cm³/mol. The summed E-state index contributed by atoms with van der Waals surface area (Å²) in [5, 5.41) is 8.08. The van der Waals surface area contributed by atoms with Crippen molar-refractivity contribution >= 4 is 22.9 Å². The number of amides is 2. The lowest BCUT2D eigenvalue weighted by Gasteiger charge is -2.11. The normalized spacial score (nSPS) is 11.2. The van der Waals surface area contributed by atoms with Crippen molar-refractivity contribution in [1.82, 2.24) is 14.8 Å². The van der Waals surface area contributed by atoms with Gasteiger partial charge in [-0.05, 0) is 31.4 Å². The van der Waals surface area contributed by atoms with Crippen LogP contribution in [0.4, 0.5) is 10.6 Å². The van der Waals surface area contributed by atoms with E-state index in [2.05, 4.69) is 29.2 Å². The molecule has 0 fully saturated rings. The molecule has 2 aromatic heterocycles. The van der Waals surface area contributed by atoms with Gasteiger partial charge in [0.25, 0.3) is 0 Å². The maximum Gasteiger partial charge on any atom is 0.317 e. The number of primary amides is 1. The van der Waals surface area contributed by atoms with Crippen LogP contribution in [0.1, 0.15) is 37.9 Å². The molecule has 102 valence electrons. The Hall–Kier alpha value is -2.11. The number of fused-ring (bicyclic) bond motifs is 1. The first-order valence-corrected chi connectivity index (χ1v) is 6.38. The molecule has 2 heterocycles. The first-order chi connectivity index (χ1) is 8.93. The van der Waals surface area contributed by atoms with Gasteiger partial charge in [-0.2, -0.15) is 5.10 Å². The largest absolute Gasteiger partial charge is 0.351 e. The number of hydrogen-bond acceptors (Lipinski definition) is 3. The number of nitrogens with one attached hydrogen (secondary N) is 1. The van der Waals surface area contributed by atoms with Gasteiger partial charge in [0.05, 0.1) is 5.69 Å². The third-order valence-corrected chi connectivity index (χ3v) is 3.08. The predicted octanol–water partition coefficient (Wildman–Crippen LogP) is 2.37. The number of anilines is 1. The van der Waals surface area contributed by atoms with Crippen LogP contribution < -0.4 is 11.1 Å². The molecule has 19 heavy (non-hydrogen) atoms. The van der Waals surface area contributed by atoms with Crippen LogP contribution in [0.25, 0.3) is 11.0 Å². The van der Waals surface area contributed by atoms with Crippen molar-refractivity contribution in [3.63, 3.8) is 0 Å². The minimum atomic E-state index is -0.610. The summed E-state index contributed by atoms with van der Waals surface area (Å²) in [5.41, 5.74) is 8.02. The van der Waals surface area contributed by atoms with Gasteiger partial charge < -0.3 is 5.73 Å². The van der Waals surface area contributed by atoms with Crippen molar-refractivity contribution in [2.45, 2.75) is 40.2 Å². The molecule has 6 heteroatoms. The molecule has 0 saturated carbocycles. The number of aryl methyl sites for hydroxylation is 2. The number of nitrogens with zero attached hydrogens (tertiary/aromatic N) is 3.